The summed E-state index contributed by atoms with van der Waals surface area (Å²) < 4.78 is 10.1. The zero-order valence-corrected chi connectivity index (χ0v) is 12.6. The van der Waals surface area contributed by atoms with Crippen LogP contribution in [0, 0.1) is 0 Å². The molecule has 2 N–H and O–H groups in total. The van der Waals surface area contributed by atoms with Crippen LogP contribution in [-0.2, 0) is 11.3 Å². The lowest BCUT2D eigenvalue weighted by molar-refractivity contribution is 0.0467. The average molecular weight is 327 g/mol. The fraction of sp³-hybridized carbons (Fsp3) is 0.143. The Kier molecular flexibility index (Phi) is 4.88. The molecule has 0 aliphatic heterocycles. The maximum atomic E-state index is 12.0. The Morgan fingerprint density at radius 1 is 1.33 bits per heavy atom. The van der Waals surface area contributed by atoms with E-state index in [-0.39, 0.29) is 22.2 Å². The second kappa shape index (κ2) is 6.65. The van der Waals surface area contributed by atoms with Crippen LogP contribution in [0.25, 0.3) is 0 Å². The quantitative estimate of drug-likeness (QED) is 0.689. The third-order valence-corrected chi connectivity index (χ3v) is 3.41. The van der Waals surface area contributed by atoms with Crippen molar-refractivity contribution in [1.29, 1.82) is 0 Å². The maximum absolute atomic E-state index is 12.0. The van der Waals surface area contributed by atoms with E-state index >= 15 is 0 Å². The van der Waals surface area contributed by atoms with Gasteiger partial charge in [-0.15, -0.1) is 0 Å². The van der Waals surface area contributed by atoms with Crippen LogP contribution >= 0.6 is 23.2 Å². The highest BCUT2D eigenvalue weighted by Crippen LogP contribution is 2.29. The topological polar surface area (TPSA) is 74.4 Å². The molecule has 1 aromatic heterocycles. The second-order valence-electron chi connectivity index (χ2n) is 4.11. The van der Waals surface area contributed by atoms with Gasteiger partial charge in [-0.2, -0.15) is 0 Å². The molecule has 0 atom stereocenters. The highest BCUT2D eigenvalue weighted by Gasteiger charge is 2.16. The number of carbonyl (C=O) groups is 1. The number of aromatic nitrogens is 1. The molecular formula is C14H12Cl2N2O3. The molecule has 0 unspecified atom stereocenters. The van der Waals surface area contributed by atoms with E-state index in [1.54, 1.807) is 18.2 Å². The van der Waals surface area contributed by atoms with Crippen molar-refractivity contribution in [2.75, 3.05) is 12.8 Å². The van der Waals surface area contributed by atoms with E-state index in [4.69, 9.17) is 38.4 Å². The molecule has 0 saturated heterocycles. The van der Waals surface area contributed by atoms with Crippen LogP contribution < -0.4 is 10.5 Å². The van der Waals surface area contributed by atoms with Crippen LogP contribution in [0.15, 0.2) is 30.3 Å². The monoisotopic (exact) mass is 326 g/mol. The number of ether oxygens (including phenoxy) is 2. The van der Waals surface area contributed by atoms with E-state index in [1.165, 1.54) is 19.2 Å². The summed E-state index contributed by atoms with van der Waals surface area (Å²) in [5.41, 5.74) is 6.63. The lowest BCUT2D eigenvalue weighted by Gasteiger charge is -2.08. The maximum Gasteiger partial charge on any atom is 0.340 e. The van der Waals surface area contributed by atoms with Gasteiger partial charge in [0, 0.05) is 11.8 Å². The highest BCUT2D eigenvalue weighted by molar-refractivity contribution is 6.44. The van der Waals surface area contributed by atoms with Gasteiger partial charge >= 0.3 is 5.97 Å². The van der Waals surface area contributed by atoms with E-state index in [0.717, 1.165) is 0 Å². The predicted octanol–water partition coefficient (Wildman–Crippen LogP) is 3.34. The number of carbonyl (C=O) groups excluding carboxylic acids is 1. The normalized spacial score (nSPS) is 10.2. The molecule has 110 valence electrons. The van der Waals surface area contributed by atoms with Crippen molar-refractivity contribution in [2.24, 2.45) is 0 Å². The summed E-state index contributed by atoms with van der Waals surface area (Å²) in [6.45, 7) is -0.0151. The second-order valence-corrected chi connectivity index (χ2v) is 4.90. The van der Waals surface area contributed by atoms with E-state index in [9.17, 15) is 4.79 Å². The predicted molar refractivity (Wildman–Crippen MR) is 80.8 cm³/mol. The molecule has 0 fully saturated rings. The van der Waals surface area contributed by atoms with Gasteiger partial charge in [-0.25, -0.2) is 9.78 Å². The number of anilines is 1. The Hall–Kier alpha value is -1.98. The van der Waals surface area contributed by atoms with Gasteiger partial charge in [0.15, 0.2) is 0 Å². The van der Waals surface area contributed by atoms with Crippen LogP contribution in [0.2, 0.25) is 10.0 Å². The van der Waals surface area contributed by atoms with E-state index in [1.807, 2.05) is 0 Å². The number of pyridine rings is 1. The highest BCUT2D eigenvalue weighted by atomic mass is 35.5. The number of esters is 1. The minimum atomic E-state index is -0.626. The summed E-state index contributed by atoms with van der Waals surface area (Å²) in [6, 6.07) is 8.03. The molecule has 0 aliphatic rings. The van der Waals surface area contributed by atoms with Gasteiger partial charge in [0.1, 0.15) is 6.61 Å². The summed E-state index contributed by atoms with van der Waals surface area (Å²) in [5, 5.41) is 0.303. The summed E-state index contributed by atoms with van der Waals surface area (Å²) >= 11 is 11.8. The molecule has 2 rings (SSSR count). The number of benzene rings is 1. The molecule has 0 radical (unpaired) electrons. The number of halogens is 2. The first-order valence-corrected chi connectivity index (χ1v) is 6.68. The summed E-state index contributed by atoms with van der Waals surface area (Å²) in [6.07, 6.45) is 0. The van der Waals surface area contributed by atoms with Gasteiger partial charge in [0.25, 0.3) is 0 Å². The number of hydrogen-bond donors (Lipinski definition) is 1. The smallest absolute Gasteiger partial charge is 0.340 e. The lowest BCUT2D eigenvalue weighted by atomic mass is 10.2. The first-order valence-electron chi connectivity index (χ1n) is 5.93. The van der Waals surface area contributed by atoms with Gasteiger partial charge in [0.2, 0.25) is 5.88 Å². The van der Waals surface area contributed by atoms with Gasteiger partial charge in [-0.3, -0.25) is 0 Å². The van der Waals surface area contributed by atoms with E-state index in [0.29, 0.717) is 17.3 Å². The molecule has 2 aromatic rings. The summed E-state index contributed by atoms with van der Waals surface area (Å²) in [4.78, 5) is 16.1. The molecule has 0 saturated carbocycles. The zero-order chi connectivity index (χ0) is 15.4. The van der Waals surface area contributed by atoms with Crippen LogP contribution in [0.3, 0.4) is 0 Å². The van der Waals surface area contributed by atoms with Gasteiger partial charge in [0.05, 0.1) is 28.4 Å². The number of nitrogen functional groups attached to an aromatic ring is 1. The van der Waals surface area contributed by atoms with E-state index in [2.05, 4.69) is 4.98 Å². The first kappa shape index (κ1) is 15.4. The first-order chi connectivity index (χ1) is 10.0. The van der Waals surface area contributed by atoms with Crippen molar-refractivity contribution in [3.63, 3.8) is 0 Å². The molecule has 0 bridgehead atoms. The van der Waals surface area contributed by atoms with Gasteiger partial charge in [-0.1, -0.05) is 29.3 Å². The Morgan fingerprint density at radius 3 is 2.81 bits per heavy atom. The molecule has 1 aromatic carbocycles. The fourth-order valence-corrected chi connectivity index (χ4v) is 2.04. The molecule has 21 heavy (non-hydrogen) atoms. The number of methoxy groups -OCH3 is 1. The van der Waals surface area contributed by atoms with Crippen molar-refractivity contribution in [2.45, 2.75) is 6.61 Å². The lowest BCUT2D eigenvalue weighted by Crippen LogP contribution is -2.08. The molecular weight excluding hydrogens is 315 g/mol. The Balaban J connectivity index is 2.11. The SMILES string of the molecule is COc1cccc(COC(=O)c2cc(N)cc(Cl)c2Cl)n1. The molecule has 5 nitrogen and oxygen atoms in total. The third kappa shape index (κ3) is 3.77. The Morgan fingerprint density at radius 2 is 2.10 bits per heavy atom. The van der Waals surface area contributed by atoms with Crippen LogP contribution in [0.4, 0.5) is 5.69 Å². The number of nitrogens with zero attached hydrogens (tertiary/aromatic N) is 1. The summed E-state index contributed by atoms with van der Waals surface area (Å²) in [7, 11) is 1.51. The molecule has 1 heterocycles. The number of nitrogens with two attached hydrogens (primary N) is 1. The van der Waals surface area contributed by atoms with Crippen LogP contribution in [0.1, 0.15) is 16.1 Å². The zero-order valence-electron chi connectivity index (χ0n) is 11.1. The third-order valence-electron chi connectivity index (χ3n) is 2.61. The molecule has 0 amide bonds. The van der Waals surface area contributed by atoms with Crippen molar-refractivity contribution in [3.8, 4) is 5.88 Å². The van der Waals surface area contributed by atoms with Gasteiger partial charge < -0.3 is 15.2 Å². The number of rotatable bonds is 4. The van der Waals surface area contributed by atoms with Crippen molar-refractivity contribution < 1.29 is 14.3 Å². The largest absolute Gasteiger partial charge is 0.481 e. The molecule has 0 aliphatic carbocycles. The Bertz CT molecular complexity index is 677. The van der Waals surface area contributed by atoms with E-state index < -0.39 is 5.97 Å². The van der Waals surface area contributed by atoms with Gasteiger partial charge in [-0.05, 0) is 18.2 Å². The van der Waals surface area contributed by atoms with Crippen molar-refractivity contribution in [3.05, 3.63) is 51.6 Å². The van der Waals surface area contributed by atoms with Crippen LogP contribution in [0.5, 0.6) is 5.88 Å². The fourth-order valence-electron chi connectivity index (χ4n) is 1.63. The average Bonchev–Trinajstić information content (AvgIpc) is 2.48. The minimum Gasteiger partial charge on any atom is -0.481 e. The molecule has 7 heteroatoms. The standard InChI is InChI=1S/C14H12Cl2N2O3/c1-20-12-4-2-3-9(18-12)7-21-14(19)10-5-8(17)6-11(15)13(10)16/h2-6H,7,17H2,1H3. The minimum absolute atomic E-state index is 0.0151. The molecule has 0 spiro atoms. The summed E-state index contributed by atoms with van der Waals surface area (Å²) in [5.74, 6) is -0.188. The Labute approximate surface area is 131 Å². The van der Waals surface area contributed by atoms with Crippen molar-refractivity contribution >= 4 is 34.9 Å². The van der Waals surface area contributed by atoms with Crippen LogP contribution in [-0.4, -0.2) is 18.1 Å². The number of hydrogen-bond acceptors (Lipinski definition) is 5. The van der Waals surface area contributed by atoms with Crippen molar-refractivity contribution in [1.82, 2.24) is 4.98 Å².